The summed E-state index contributed by atoms with van der Waals surface area (Å²) >= 11 is 5.80. The third-order valence-electron chi connectivity index (χ3n) is 5.97. The fourth-order valence-electron chi connectivity index (χ4n) is 4.45. The number of anilines is 2. The van der Waals surface area contributed by atoms with Gasteiger partial charge in [-0.05, 0) is 66.3 Å². The van der Waals surface area contributed by atoms with Gasteiger partial charge in [0.2, 0.25) is 10.0 Å². The third-order valence-corrected chi connectivity index (χ3v) is 6.87. The number of sulfonamides is 1. The van der Waals surface area contributed by atoms with E-state index >= 15 is 0 Å². The first-order valence-electron chi connectivity index (χ1n) is 11.2. The summed E-state index contributed by atoms with van der Waals surface area (Å²) in [6.07, 6.45) is 6.96. The van der Waals surface area contributed by atoms with Gasteiger partial charge in [0.05, 0.1) is 36.8 Å². The van der Waals surface area contributed by atoms with Crippen molar-refractivity contribution in [2.24, 2.45) is 0 Å². The van der Waals surface area contributed by atoms with Crippen LogP contribution < -0.4 is 19.7 Å². The van der Waals surface area contributed by atoms with Gasteiger partial charge in [0.15, 0.2) is 5.11 Å². The molecule has 0 amide bonds. The van der Waals surface area contributed by atoms with Crippen LogP contribution in [0.2, 0.25) is 0 Å². The van der Waals surface area contributed by atoms with Crippen LogP contribution in [0.25, 0.3) is 5.69 Å². The predicted octanol–water partition coefficient (Wildman–Crippen LogP) is 4.43. The number of benzene rings is 2. The van der Waals surface area contributed by atoms with E-state index in [0.29, 0.717) is 16.5 Å². The van der Waals surface area contributed by atoms with Crippen LogP contribution in [-0.2, 0) is 10.0 Å². The zero-order chi connectivity index (χ0) is 25.3. The molecule has 36 heavy (non-hydrogen) atoms. The molecular weight excluding hydrogens is 494 g/mol. The van der Waals surface area contributed by atoms with E-state index in [-0.39, 0.29) is 12.1 Å². The molecule has 1 fully saturated rings. The first-order valence-corrected chi connectivity index (χ1v) is 13.5. The third kappa shape index (κ3) is 4.77. The maximum atomic E-state index is 12.0. The van der Waals surface area contributed by atoms with Crippen molar-refractivity contribution in [3.05, 3.63) is 103 Å². The van der Waals surface area contributed by atoms with Crippen molar-refractivity contribution in [2.45, 2.75) is 12.1 Å². The molecule has 2 N–H and O–H groups in total. The number of nitrogens with one attached hydrogen (secondary N) is 2. The van der Waals surface area contributed by atoms with Gasteiger partial charge in [0.25, 0.3) is 0 Å². The zero-order valence-electron chi connectivity index (χ0n) is 19.7. The molecule has 2 aromatic heterocycles. The van der Waals surface area contributed by atoms with Crippen LogP contribution in [0.3, 0.4) is 0 Å². The molecule has 1 aliphatic rings. The largest absolute Gasteiger partial charge is 0.495 e. The van der Waals surface area contributed by atoms with Gasteiger partial charge in [0, 0.05) is 30.0 Å². The van der Waals surface area contributed by atoms with Crippen LogP contribution in [0.4, 0.5) is 11.4 Å². The summed E-state index contributed by atoms with van der Waals surface area (Å²) in [7, 11) is -2.02. The van der Waals surface area contributed by atoms with Crippen LogP contribution in [0, 0.1) is 0 Å². The second kappa shape index (κ2) is 9.63. The lowest BCUT2D eigenvalue weighted by atomic mass is 9.98. The number of aromatic nitrogens is 2. The average Bonchev–Trinajstić information content (AvgIpc) is 3.49. The molecule has 8 nitrogen and oxygen atoms in total. The normalized spacial score (nSPS) is 17.6. The molecule has 2 atom stereocenters. The minimum Gasteiger partial charge on any atom is -0.495 e. The number of thiocarbonyl (C=S) groups is 1. The molecule has 0 radical (unpaired) electrons. The Morgan fingerprint density at radius 2 is 1.81 bits per heavy atom. The summed E-state index contributed by atoms with van der Waals surface area (Å²) in [4.78, 5) is 6.58. The molecule has 1 saturated heterocycles. The summed E-state index contributed by atoms with van der Waals surface area (Å²) in [5.41, 5.74) is 3.97. The van der Waals surface area contributed by atoms with Gasteiger partial charge in [-0.1, -0.05) is 24.3 Å². The van der Waals surface area contributed by atoms with E-state index in [9.17, 15) is 8.42 Å². The van der Waals surface area contributed by atoms with E-state index < -0.39 is 10.0 Å². The van der Waals surface area contributed by atoms with Crippen LogP contribution in [0.5, 0.6) is 5.75 Å². The number of rotatable bonds is 7. The number of para-hydroxylation sites is 1. The number of hydrogen-bond acceptors (Lipinski definition) is 5. The maximum absolute atomic E-state index is 12.0. The summed E-state index contributed by atoms with van der Waals surface area (Å²) in [6.45, 7) is 0. The molecule has 3 heterocycles. The summed E-state index contributed by atoms with van der Waals surface area (Å²) in [6, 6.07) is 22.8. The molecule has 0 aliphatic carbocycles. The first kappa shape index (κ1) is 23.8. The highest BCUT2D eigenvalue weighted by Crippen LogP contribution is 2.43. The standard InChI is InChI=1S/C26H25N5O3S2/c1-34-23-12-11-20(16-22(23)29-36(2,32)33)31-25(24(28-26(31)35)21-10-6-7-14-27-21)18-13-15-30(17-18)19-8-4-3-5-9-19/h3-17,24-25,29H,1-2H3,(H,28,35)/t24-,25+/m0/s1. The molecule has 0 unspecified atom stereocenters. The lowest BCUT2D eigenvalue weighted by Gasteiger charge is -2.28. The van der Waals surface area contributed by atoms with E-state index in [1.807, 2.05) is 65.7 Å². The van der Waals surface area contributed by atoms with Crippen molar-refractivity contribution in [1.82, 2.24) is 14.9 Å². The zero-order valence-corrected chi connectivity index (χ0v) is 21.3. The quantitative estimate of drug-likeness (QED) is 0.349. The molecule has 1 aliphatic heterocycles. The topological polar surface area (TPSA) is 88.5 Å². The number of hydrogen-bond donors (Lipinski definition) is 2. The average molecular weight is 520 g/mol. The molecule has 0 bridgehead atoms. The molecule has 2 aromatic carbocycles. The van der Waals surface area contributed by atoms with Gasteiger partial charge in [-0.25, -0.2) is 8.42 Å². The second-order valence-corrected chi connectivity index (χ2v) is 10.6. The van der Waals surface area contributed by atoms with Crippen LogP contribution in [0.15, 0.2) is 91.4 Å². The predicted molar refractivity (Wildman–Crippen MR) is 145 cm³/mol. The molecule has 0 spiro atoms. The Hall–Kier alpha value is -3.89. The molecule has 5 rings (SSSR count). The minimum atomic E-state index is -3.52. The van der Waals surface area contributed by atoms with Crippen molar-refractivity contribution in [3.8, 4) is 11.4 Å². The van der Waals surface area contributed by atoms with Crippen molar-refractivity contribution >= 4 is 38.7 Å². The Kier molecular flexibility index (Phi) is 6.38. The van der Waals surface area contributed by atoms with Crippen molar-refractivity contribution in [1.29, 1.82) is 0 Å². The summed E-state index contributed by atoms with van der Waals surface area (Å²) < 4.78 is 34.0. The van der Waals surface area contributed by atoms with E-state index in [4.69, 9.17) is 17.0 Å². The fraction of sp³-hybridized carbons (Fsp3) is 0.154. The summed E-state index contributed by atoms with van der Waals surface area (Å²) in [5.74, 6) is 0.412. The Bertz CT molecular complexity index is 1490. The van der Waals surface area contributed by atoms with Gasteiger partial charge in [-0.2, -0.15) is 0 Å². The minimum absolute atomic E-state index is 0.223. The lowest BCUT2D eigenvalue weighted by Crippen LogP contribution is -2.29. The van der Waals surface area contributed by atoms with Gasteiger partial charge in [0.1, 0.15) is 5.75 Å². The van der Waals surface area contributed by atoms with E-state index in [1.54, 1.807) is 18.3 Å². The van der Waals surface area contributed by atoms with E-state index in [0.717, 1.165) is 28.9 Å². The summed E-state index contributed by atoms with van der Waals surface area (Å²) in [5, 5.41) is 3.94. The number of pyridine rings is 1. The van der Waals surface area contributed by atoms with Gasteiger partial charge in [-0.3, -0.25) is 9.71 Å². The lowest BCUT2D eigenvalue weighted by molar-refractivity contribution is 0.417. The van der Waals surface area contributed by atoms with E-state index in [2.05, 4.69) is 31.9 Å². The highest BCUT2D eigenvalue weighted by Gasteiger charge is 2.41. The highest BCUT2D eigenvalue weighted by molar-refractivity contribution is 7.92. The second-order valence-electron chi connectivity index (χ2n) is 8.44. The van der Waals surface area contributed by atoms with Crippen molar-refractivity contribution in [3.63, 3.8) is 0 Å². The van der Waals surface area contributed by atoms with Gasteiger partial charge < -0.3 is 19.5 Å². The Labute approximate surface area is 215 Å². The van der Waals surface area contributed by atoms with Crippen LogP contribution in [-0.4, -0.2) is 36.4 Å². The molecule has 4 aromatic rings. The highest BCUT2D eigenvalue weighted by atomic mass is 32.2. The Morgan fingerprint density at radius 1 is 1.03 bits per heavy atom. The Morgan fingerprint density at radius 3 is 2.50 bits per heavy atom. The van der Waals surface area contributed by atoms with Gasteiger partial charge in [-0.15, -0.1) is 0 Å². The molecule has 10 heteroatoms. The Balaban J connectivity index is 1.61. The van der Waals surface area contributed by atoms with E-state index in [1.165, 1.54) is 7.11 Å². The van der Waals surface area contributed by atoms with Crippen LogP contribution in [0.1, 0.15) is 23.3 Å². The van der Waals surface area contributed by atoms with Crippen molar-refractivity contribution < 1.29 is 13.2 Å². The number of nitrogens with zero attached hydrogens (tertiary/aromatic N) is 3. The smallest absolute Gasteiger partial charge is 0.229 e. The van der Waals surface area contributed by atoms with Gasteiger partial charge >= 0.3 is 0 Å². The molecule has 184 valence electrons. The van der Waals surface area contributed by atoms with Crippen LogP contribution >= 0.6 is 12.2 Å². The number of methoxy groups -OCH3 is 1. The first-order chi connectivity index (χ1) is 17.3. The van der Waals surface area contributed by atoms with Crippen molar-refractivity contribution in [2.75, 3.05) is 23.0 Å². The monoisotopic (exact) mass is 519 g/mol. The fourth-order valence-corrected chi connectivity index (χ4v) is 5.35. The molecule has 0 saturated carbocycles. The molecular formula is C26H25N5O3S2. The maximum Gasteiger partial charge on any atom is 0.229 e. The SMILES string of the molecule is COc1ccc(N2C(=S)N[C@@H](c3ccccn3)[C@H]2c2ccn(-c3ccccc3)c2)cc1NS(C)(=O)=O. The number of ether oxygens (including phenoxy) is 1.